The Hall–Kier alpha value is -3.32. The van der Waals surface area contributed by atoms with Gasteiger partial charge in [0.1, 0.15) is 12.3 Å². The third-order valence-electron chi connectivity index (χ3n) is 4.73. The van der Waals surface area contributed by atoms with Crippen molar-refractivity contribution in [3.63, 3.8) is 0 Å². The number of nitrogens with one attached hydrogen (secondary N) is 1. The van der Waals surface area contributed by atoms with E-state index in [0.29, 0.717) is 17.1 Å². The Morgan fingerprint density at radius 1 is 0.969 bits per heavy atom. The summed E-state index contributed by atoms with van der Waals surface area (Å²) in [4.78, 5) is 13.1. The summed E-state index contributed by atoms with van der Waals surface area (Å²) in [6.07, 6.45) is -0.00280. The molecule has 6 nitrogen and oxygen atoms in total. The zero-order valence-electron chi connectivity index (χ0n) is 18.7. The number of carbonyl (C=O) groups is 1. The van der Waals surface area contributed by atoms with Crippen LogP contribution in [-0.2, 0) is 14.8 Å². The van der Waals surface area contributed by atoms with E-state index in [1.165, 1.54) is 12.1 Å². The van der Waals surface area contributed by atoms with Crippen molar-refractivity contribution in [3.8, 4) is 5.75 Å². The van der Waals surface area contributed by atoms with Gasteiger partial charge in [-0.15, -0.1) is 0 Å². The van der Waals surface area contributed by atoms with E-state index in [9.17, 15) is 13.2 Å². The number of amides is 1. The maximum absolute atomic E-state index is 13.5. The first-order chi connectivity index (χ1) is 15.2. The SMILES string of the molecule is Cc1ccc(N(CC(=O)Nc2cccc(OC(C)C)c2)S(=O)(=O)c2ccccc2)c(C)c1. The molecule has 0 radical (unpaired) electrons. The van der Waals surface area contributed by atoms with Gasteiger partial charge in [-0.05, 0) is 63.6 Å². The van der Waals surface area contributed by atoms with Crippen LogP contribution in [0.3, 0.4) is 0 Å². The molecule has 32 heavy (non-hydrogen) atoms. The number of rotatable bonds is 8. The number of sulfonamides is 1. The fourth-order valence-corrected chi connectivity index (χ4v) is 4.86. The van der Waals surface area contributed by atoms with Gasteiger partial charge >= 0.3 is 0 Å². The molecule has 1 amide bonds. The van der Waals surface area contributed by atoms with E-state index in [4.69, 9.17) is 4.74 Å². The Morgan fingerprint density at radius 3 is 2.34 bits per heavy atom. The van der Waals surface area contributed by atoms with Gasteiger partial charge in [0.25, 0.3) is 10.0 Å². The lowest BCUT2D eigenvalue weighted by Crippen LogP contribution is -2.38. The Morgan fingerprint density at radius 2 is 1.69 bits per heavy atom. The number of carbonyl (C=O) groups excluding carboxylic acids is 1. The molecule has 168 valence electrons. The lowest BCUT2D eigenvalue weighted by atomic mass is 10.1. The highest BCUT2D eigenvalue weighted by Gasteiger charge is 2.28. The summed E-state index contributed by atoms with van der Waals surface area (Å²) in [6, 6.07) is 20.6. The lowest BCUT2D eigenvalue weighted by molar-refractivity contribution is -0.114. The first kappa shape index (κ1) is 23.3. The second kappa shape index (κ2) is 9.87. The minimum Gasteiger partial charge on any atom is -0.491 e. The number of nitrogens with zero attached hydrogens (tertiary/aromatic N) is 1. The van der Waals surface area contributed by atoms with Crippen LogP contribution in [0, 0.1) is 13.8 Å². The molecule has 0 saturated carbocycles. The standard InChI is InChI=1S/C25H28N2O4S/c1-18(2)31-22-10-8-9-21(16-22)26-25(28)17-27(24-14-13-19(3)15-20(24)4)32(29,30)23-11-6-5-7-12-23/h5-16,18H,17H2,1-4H3,(H,26,28). The summed E-state index contributed by atoms with van der Waals surface area (Å²) in [5, 5.41) is 2.79. The quantitative estimate of drug-likeness (QED) is 0.526. The first-order valence-corrected chi connectivity index (χ1v) is 11.8. The highest BCUT2D eigenvalue weighted by Crippen LogP contribution is 2.28. The van der Waals surface area contributed by atoms with E-state index < -0.39 is 15.9 Å². The van der Waals surface area contributed by atoms with Gasteiger partial charge in [0.15, 0.2) is 0 Å². The van der Waals surface area contributed by atoms with Gasteiger partial charge in [-0.25, -0.2) is 8.42 Å². The molecular weight excluding hydrogens is 424 g/mol. The molecule has 0 aliphatic carbocycles. The largest absolute Gasteiger partial charge is 0.491 e. The van der Waals surface area contributed by atoms with Crippen LogP contribution in [0.4, 0.5) is 11.4 Å². The molecular formula is C25H28N2O4S. The molecule has 0 fully saturated rings. The first-order valence-electron chi connectivity index (χ1n) is 10.4. The van der Waals surface area contributed by atoms with E-state index in [0.717, 1.165) is 15.4 Å². The van der Waals surface area contributed by atoms with E-state index in [1.807, 2.05) is 39.8 Å². The number of anilines is 2. The predicted molar refractivity (Wildman–Crippen MR) is 128 cm³/mol. The van der Waals surface area contributed by atoms with Crippen LogP contribution in [0.15, 0.2) is 77.7 Å². The van der Waals surface area contributed by atoms with Gasteiger partial charge in [0.05, 0.1) is 16.7 Å². The zero-order valence-corrected chi connectivity index (χ0v) is 19.5. The zero-order chi connectivity index (χ0) is 23.3. The highest BCUT2D eigenvalue weighted by atomic mass is 32.2. The molecule has 0 aliphatic rings. The molecule has 3 aromatic carbocycles. The summed E-state index contributed by atoms with van der Waals surface area (Å²) >= 11 is 0. The van der Waals surface area contributed by atoms with Crippen molar-refractivity contribution in [2.24, 2.45) is 0 Å². The van der Waals surface area contributed by atoms with Crippen molar-refractivity contribution >= 4 is 27.3 Å². The Labute approximate surface area is 189 Å². The molecule has 0 bridgehead atoms. The molecule has 0 saturated heterocycles. The number of ether oxygens (including phenoxy) is 1. The second-order valence-electron chi connectivity index (χ2n) is 7.86. The van der Waals surface area contributed by atoms with Crippen molar-refractivity contribution < 1.29 is 17.9 Å². The van der Waals surface area contributed by atoms with Crippen LogP contribution in [0.1, 0.15) is 25.0 Å². The van der Waals surface area contributed by atoms with Crippen molar-refractivity contribution in [1.82, 2.24) is 0 Å². The topological polar surface area (TPSA) is 75.7 Å². The average molecular weight is 453 g/mol. The average Bonchev–Trinajstić information content (AvgIpc) is 2.73. The van der Waals surface area contributed by atoms with Gasteiger partial charge in [0, 0.05) is 11.8 Å². The molecule has 0 heterocycles. The van der Waals surface area contributed by atoms with Crippen LogP contribution in [-0.4, -0.2) is 27.0 Å². The molecule has 0 unspecified atom stereocenters. The fourth-order valence-electron chi connectivity index (χ4n) is 3.35. The summed E-state index contributed by atoms with van der Waals surface area (Å²) in [6.45, 7) is 7.24. The molecule has 1 N–H and O–H groups in total. The molecule has 3 aromatic rings. The minimum atomic E-state index is -3.95. The minimum absolute atomic E-state index is 0.00280. The molecule has 0 aliphatic heterocycles. The van der Waals surface area contributed by atoms with Gasteiger partial charge in [-0.1, -0.05) is 42.0 Å². The Bertz CT molecular complexity index is 1190. The van der Waals surface area contributed by atoms with Crippen molar-refractivity contribution in [2.75, 3.05) is 16.2 Å². The number of hydrogen-bond donors (Lipinski definition) is 1. The third kappa shape index (κ3) is 5.68. The van der Waals surface area contributed by atoms with Gasteiger partial charge in [0.2, 0.25) is 5.91 Å². The summed E-state index contributed by atoms with van der Waals surface area (Å²) in [7, 11) is -3.95. The molecule has 0 aromatic heterocycles. The summed E-state index contributed by atoms with van der Waals surface area (Å²) in [5.74, 6) is 0.173. The monoisotopic (exact) mass is 452 g/mol. The van der Waals surface area contributed by atoms with E-state index in [-0.39, 0.29) is 17.5 Å². The van der Waals surface area contributed by atoms with Crippen LogP contribution >= 0.6 is 0 Å². The maximum Gasteiger partial charge on any atom is 0.264 e. The van der Waals surface area contributed by atoms with Crippen molar-refractivity contribution in [1.29, 1.82) is 0 Å². The smallest absolute Gasteiger partial charge is 0.264 e. The molecule has 3 rings (SSSR count). The maximum atomic E-state index is 13.5. The summed E-state index contributed by atoms with van der Waals surface area (Å²) < 4.78 is 33.7. The Kier molecular flexibility index (Phi) is 7.20. The normalized spacial score (nSPS) is 11.3. The van der Waals surface area contributed by atoms with Crippen LogP contribution in [0.2, 0.25) is 0 Å². The van der Waals surface area contributed by atoms with E-state index >= 15 is 0 Å². The number of aryl methyl sites for hydroxylation is 2. The molecule has 0 atom stereocenters. The highest BCUT2D eigenvalue weighted by molar-refractivity contribution is 7.92. The third-order valence-corrected chi connectivity index (χ3v) is 6.50. The number of hydrogen-bond acceptors (Lipinski definition) is 4. The van der Waals surface area contributed by atoms with Crippen molar-refractivity contribution in [3.05, 3.63) is 83.9 Å². The van der Waals surface area contributed by atoms with Crippen LogP contribution in [0.5, 0.6) is 5.75 Å². The summed E-state index contributed by atoms with van der Waals surface area (Å²) in [5.41, 5.74) is 2.77. The Balaban J connectivity index is 1.92. The van der Waals surface area contributed by atoms with Crippen LogP contribution < -0.4 is 14.4 Å². The fraction of sp³-hybridized carbons (Fsp3) is 0.240. The second-order valence-corrected chi connectivity index (χ2v) is 9.72. The van der Waals surface area contributed by atoms with Crippen LogP contribution in [0.25, 0.3) is 0 Å². The molecule has 0 spiro atoms. The van der Waals surface area contributed by atoms with Gasteiger partial charge in [-0.2, -0.15) is 0 Å². The lowest BCUT2D eigenvalue weighted by Gasteiger charge is -2.26. The van der Waals surface area contributed by atoms with E-state index in [2.05, 4.69) is 5.32 Å². The van der Waals surface area contributed by atoms with Gasteiger partial charge in [-0.3, -0.25) is 9.10 Å². The molecule has 7 heteroatoms. The van der Waals surface area contributed by atoms with E-state index in [1.54, 1.807) is 48.5 Å². The number of benzene rings is 3. The van der Waals surface area contributed by atoms with Crippen molar-refractivity contribution in [2.45, 2.75) is 38.7 Å². The van der Waals surface area contributed by atoms with Gasteiger partial charge < -0.3 is 10.1 Å². The predicted octanol–water partition coefficient (Wildman–Crippen LogP) is 4.92.